The molecule has 0 saturated carbocycles. The summed E-state index contributed by atoms with van der Waals surface area (Å²) in [5, 5.41) is 4.58. The van der Waals surface area contributed by atoms with Gasteiger partial charge in [-0.2, -0.15) is 11.8 Å². The lowest BCUT2D eigenvalue weighted by Crippen LogP contribution is -2.00. The number of hydrogen-bond donors (Lipinski definition) is 0. The highest BCUT2D eigenvalue weighted by Gasteiger charge is 2.01. The number of benzene rings is 1. The maximum atomic E-state index is 5.98. The molecule has 3 nitrogen and oxygen atoms in total. The Morgan fingerprint density at radius 1 is 1.39 bits per heavy atom. The lowest BCUT2D eigenvalue weighted by molar-refractivity contribution is 0.344. The molecule has 0 aliphatic carbocycles. The molecule has 2 rings (SSSR count). The van der Waals surface area contributed by atoms with Crippen LogP contribution in [0.4, 0.5) is 0 Å². The van der Waals surface area contributed by atoms with E-state index < -0.39 is 0 Å². The molecule has 0 fully saturated rings. The molecule has 0 aliphatic rings. The summed E-state index contributed by atoms with van der Waals surface area (Å²) >= 11 is 7.74. The van der Waals surface area contributed by atoms with Crippen LogP contribution in [0.5, 0.6) is 5.75 Å². The van der Waals surface area contributed by atoms with Crippen molar-refractivity contribution < 1.29 is 9.26 Å². The maximum absolute atomic E-state index is 5.98. The molecule has 0 spiro atoms. The van der Waals surface area contributed by atoms with E-state index in [-0.39, 0.29) is 0 Å². The van der Waals surface area contributed by atoms with Crippen molar-refractivity contribution in [2.24, 2.45) is 0 Å². The van der Waals surface area contributed by atoms with Crippen LogP contribution in [-0.4, -0.2) is 17.5 Å². The molecule has 0 radical (unpaired) electrons. The van der Waals surface area contributed by atoms with Crippen LogP contribution in [0.3, 0.4) is 0 Å². The Labute approximate surface area is 115 Å². The van der Waals surface area contributed by atoms with E-state index in [2.05, 4.69) is 5.16 Å². The van der Waals surface area contributed by atoms with Crippen LogP contribution in [0.15, 0.2) is 34.9 Å². The van der Waals surface area contributed by atoms with E-state index in [0.29, 0.717) is 11.6 Å². The summed E-state index contributed by atoms with van der Waals surface area (Å²) in [5.74, 6) is 3.30. The Balaban J connectivity index is 1.66. The second kappa shape index (κ2) is 6.71. The van der Waals surface area contributed by atoms with Crippen LogP contribution >= 0.6 is 23.4 Å². The van der Waals surface area contributed by atoms with Gasteiger partial charge in [0.25, 0.3) is 0 Å². The number of halogens is 1. The minimum Gasteiger partial charge on any atom is -0.491 e. The first-order valence-corrected chi connectivity index (χ1v) is 7.16. The summed E-state index contributed by atoms with van der Waals surface area (Å²) in [4.78, 5) is 0. The molecular formula is C13H14ClNO2S. The van der Waals surface area contributed by atoms with E-state index >= 15 is 0 Å². The van der Waals surface area contributed by atoms with Crippen molar-refractivity contribution in [2.75, 3.05) is 12.4 Å². The van der Waals surface area contributed by atoms with Gasteiger partial charge in [-0.3, -0.25) is 0 Å². The standard InChI is InChI=1S/C13H14ClNO2S/c1-10-8-11(15-17-10)9-18-7-6-16-13-5-3-2-4-12(13)14/h2-5,8H,6-7,9H2,1H3. The Morgan fingerprint density at radius 3 is 2.94 bits per heavy atom. The molecule has 0 unspecified atom stereocenters. The van der Waals surface area contributed by atoms with E-state index in [1.165, 1.54) is 0 Å². The minimum absolute atomic E-state index is 0.630. The third-order valence-corrected chi connectivity index (χ3v) is 3.52. The summed E-state index contributed by atoms with van der Waals surface area (Å²) in [6.07, 6.45) is 0. The second-order valence-electron chi connectivity index (χ2n) is 3.76. The molecule has 0 N–H and O–H groups in total. The van der Waals surface area contributed by atoms with Crippen molar-refractivity contribution >= 4 is 23.4 Å². The van der Waals surface area contributed by atoms with Crippen molar-refractivity contribution in [2.45, 2.75) is 12.7 Å². The highest BCUT2D eigenvalue weighted by molar-refractivity contribution is 7.98. The van der Waals surface area contributed by atoms with Gasteiger partial charge in [-0.25, -0.2) is 0 Å². The molecule has 1 heterocycles. The fourth-order valence-corrected chi connectivity index (χ4v) is 2.32. The molecule has 0 aliphatic heterocycles. The zero-order chi connectivity index (χ0) is 12.8. The number of hydrogen-bond acceptors (Lipinski definition) is 4. The van der Waals surface area contributed by atoms with Gasteiger partial charge < -0.3 is 9.26 Å². The van der Waals surface area contributed by atoms with Crippen LogP contribution in [0.1, 0.15) is 11.5 Å². The molecule has 96 valence electrons. The first kappa shape index (κ1) is 13.3. The van der Waals surface area contributed by atoms with Crippen LogP contribution in [0.2, 0.25) is 5.02 Å². The Kier molecular flexibility index (Phi) is 4.96. The van der Waals surface area contributed by atoms with E-state index in [1.54, 1.807) is 11.8 Å². The summed E-state index contributed by atoms with van der Waals surface area (Å²) in [6, 6.07) is 9.43. The smallest absolute Gasteiger partial charge is 0.137 e. The van der Waals surface area contributed by atoms with Gasteiger partial charge >= 0.3 is 0 Å². The molecule has 18 heavy (non-hydrogen) atoms. The fraction of sp³-hybridized carbons (Fsp3) is 0.308. The summed E-state index contributed by atoms with van der Waals surface area (Å²) in [6.45, 7) is 2.52. The average Bonchev–Trinajstić information content (AvgIpc) is 2.77. The highest BCUT2D eigenvalue weighted by Crippen LogP contribution is 2.23. The summed E-state index contributed by atoms with van der Waals surface area (Å²) < 4.78 is 10.6. The van der Waals surface area contributed by atoms with Crippen LogP contribution < -0.4 is 4.74 Å². The Hall–Kier alpha value is -1.13. The lowest BCUT2D eigenvalue weighted by atomic mass is 10.3. The van der Waals surface area contributed by atoms with Gasteiger partial charge in [0.1, 0.15) is 11.5 Å². The Morgan fingerprint density at radius 2 is 2.22 bits per heavy atom. The highest BCUT2D eigenvalue weighted by atomic mass is 35.5. The van der Waals surface area contributed by atoms with Crippen LogP contribution in [-0.2, 0) is 5.75 Å². The molecule has 0 atom stereocenters. The van der Waals surface area contributed by atoms with Crippen molar-refractivity contribution in [3.05, 3.63) is 46.8 Å². The molecule has 1 aromatic carbocycles. The van der Waals surface area contributed by atoms with Crippen LogP contribution in [0.25, 0.3) is 0 Å². The largest absolute Gasteiger partial charge is 0.491 e. The number of aromatic nitrogens is 1. The molecule has 0 saturated heterocycles. The van der Waals surface area contributed by atoms with Gasteiger partial charge in [-0.1, -0.05) is 28.9 Å². The zero-order valence-corrected chi connectivity index (χ0v) is 11.6. The molecule has 2 aromatic rings. The van der Waals surface area contributed by atoms with E-state index in [4.69, 9.17) is 20.9 Å². The summed E-state index contributed by atoms with van der Waals surface area (Å²) in [7, 11) is 0. The topological polar surface area (TPSA) is 35.3 Å². The Bertz CT molecular complexity index is 501. The van der Waals surface area contributed by atoms with E-state index in [0.717, 1.165) is 28.7 Å². The molecule has 0 bridgehead atoms. The number of thioether (sulfide) groups is 1. The second-order valence-corrected chi connectivity index (χ2v) is 5.27. The molecule has 1 aromatic heterocycles. The first-order chi connectivity index (χ1) is 8.75. The number of ether oxygens (including phenoxy) is 1. The van der Waals surface area contributed by atoms with Crippen molar-refractivity contribution in [3.8, 4) is 5.75 Å². The van der Waals surface area contributed by atoms with Gasteiger partial charge in [-0.15, -0.1) is 0 Å². The van der Waals surface area contributed by atoms with Gasteiger partial charge in [0.05, 0.1) is 17.3 Å². The summed E-state index contributed by atoms with van der Waals surface area (Å²) in [5.41, 5.74) is 0.968. The van der Waals surface area contributed by atoms with E-state index in [1.807, 2.05) is 37.3 Å². The quantitative estimate of drug-likeness (QED) is 0.752. The number of nitrogens with zero attached hydrogens (tertiary/aromatic N) is 1. The van der Waals surface area contributed by atoms with Gasteiger partial charge in [0, 0.05) is 17.6 Å². The molecule has 5 heteroatoms. The molecular weight excluding hydrogens is 270 g/mol. The van der Waals surface area contributed by atoms with Crippen molar-refractivity contribution in [3.63, 3.8) is 0 Å². The number of aryl methyl sites for hydroxylation is 1. The predicted molar refractivity (Wildman–Crippen MR) is 74.3 cm³/mol. The zero-order valence-electron chi connectivity index (χ0n) is 10.1. The normalized spacial score (nSPS) is 10.6. The predicted octanol–water partition coefficient (Wildman–Crippen LogP) is 3.95. The maximum Gasteiger partial charge on any atom is 0.137 e. The van der Waals surface area contributed by atoms with Crippen LogP contribution in [0, 0.1) is 6.92 Å². The van der Waals surface area contributed by atoms with Crippen molar-refractivity contribution in [1.29, 1.82) is 0 Å². The fourth-order valence-electron chi connectivity index (χ4n) is 1.44. The van der Waals surface area contributed by atoms with Crippen molar-refractivity contribution in [1.82, 2.24) is 5.16 Å². The number of para-hydroxylation sites is 1. The third-order valence-electron chi connectivity index (χ3n) is 2.25. The van der Waals surface area contributed by atoms with Gasteiger partial charge in [0.2, 0.25) is 0 Å². The molecule has 0 amide bonds. The number of rotatable bonds is 6. The average molecular weight is 284 g/mol. The third kappa shape index (κ3) is 3.96. The van der Waals surface area contributed by atoms with Gasteiger partial charge in [0.15, 0.2) is 0 Å². The van der Waals surface area contributed by atoms with E-state index in [9.17, 15) is 0 Å². The first-order valence-electron chi connectivity index (χ1n) is 5.63. The minimum atomic E-state index is 0.630. The lowest BCUT2D eigenvalue weighted by Gasteiger charge is -2.06. The monoisotopic (exact) mass is 283 g/mol. The van der Waals surface area contributed by atoms with Gasteiger partial charge in [-0.05, 0) is 19.1 Å². The SMILES string of the molecule is Cc1cc(CSCCOc2ccccc2Cl)no1.